The summed E-state index contributed by atoms with van der Waals surface area (Å²) in [5.74, 6) is 0.700. The highest BCUT2D eigenvalue weighted by atomic mass is 16.5. The maximum Gasteiger partial charge on any atom is 0.119 e. The lowest BCUT2D eigenvalue weighted by Crippen LogP contribution is -1.86. The molecule has 74 valence electrons. The third-order valence-corrected chi connectivity index (χ3v) is 1.89. The van der Waals surface area contributed by atoms with E-state index in [1.807, 2.05) is 6.07 Å². The van der Waals surface area contributed by atoms with Crippen LogP contribution in [0.1, 0.15) is 17.5 Å². The summed E-state index contributed by atoms with van der Waals surface area (Å²) in [6.07, 6.45) is 3.81. The van der Waals surface area contributed by atoms with Crippen LogP contribution in [0.3, 0.4) is 0 Å². The average molecular weight is 198 g/mol. The molecule has 0 amide bonds. The van der Waals surface area contributed by atoms with Crippen LogP contribution in [-0.2, 0) is 0 Å². The van der Waals surface area contributed by atoms with Gasteiger partial charge in [0.2, 0.25) is 0 Å². The summed E-state index contributed by atoms with van der Waals surface area (Å²) >= 11 is 0. The van der Waals surface area contributed by atoms with E-state index in [4.69, 9.17) is 15.3 Å². The lowest BCUT2D eigenvalue weighted by atomic mass is 10.1. The molecule has 3 nitrogen and oxygen atoms in total. The van der Waals surface area contributed by atoms with Crippen molar-refractivity contribution in [2.24, 2.45) is 0 Å². The Morgan fingerprint density at radius 1 is 1.40 bits per heavy atom. The normalized spacial score (nSPS) is 9.53. The molecule has 0 bridgehead atoms. The van der Waals surface area contributed by atoms with Gasteiger partial charge in [-0.05, 0) is 23.8 Å². The zero-order chi connectivity index (χ0) is 11.1. The molecule has 0 aliphatic carbocycles. The van der Waals surface area contributed by atoms with E-state index < -0.39 is 0 Å². The molecule has 0 saturated heterocycles. The minimum atomic E-state index is 0.335. The fourth-order valence-electron chi connectivity index (χ4n) is 1.15. The van der Waals surface area contributed by atoms with E-state index in [0.29, 0.717) is 17.7 Å². The van der Waals surface area contributed by atoms with Crippen molar-refractivity contribution >= 4 is 6.08 Å². The number of nitriles is 2. The number of benzene rings is 1. The molecule has 0 saturated carbocycles. The Bertz CT molecular complexity index is 450. The Balaban J connectivity index is 3.03. The molecule has 0 radical (unpaired) electrons. The van der Waals surface area contributed by atoms with E-state index in [2.05, 4.69) is 6.07 Å². The average Bonchev–Trinajstić information content (AvgIpc) is 2.29. The molecule has 0 fully saturated rings. The SMILES string of the molecule is COc1ccc(C#N)c(C=CCC#N)c1. The second kappa shape index (κ2) is 5.47. The summed E-state index contributed by atoms with van der Waals surface area (Å²) < 4.78 is 5.05. The Hall–Kier alpha value is -2.26. The van der Waals surface area contributed by atoms with Crippen LogP contribution in [0.25, 0.3) is 6.08 Å². The summed E-state index contributed by atoms with van der Waals surface area (Å²) in [7, 11) is 1.57. The zero-order valence-electron chi connectivity index (χ0n) is 8.40. The Labute approximate surface area is 88.8 Å². The number of rotatable bonds is 3. The van der Waals surface area contributed by atoms with Crippen LogP contribution in [0.15, 0.2) is 24.3 Å². The van der Waals surface area contributed by atoms with Crippen molar-refractivity contribution in [3.8, 4) is 17.9 Å². The van der Waals surface area contributed by atoms with Gasteiger partial charge in [-0.25, -0.2) is 0 Å². The van der Waals surface area contributed by atoms with Crippen molar-refractivity contribution in [1.82, 2.24) is 0 Å². The van der Waals surface area contributed by atoms with E-state index in [1.54, 1.807) is 37.5 Å². The van der Waals surface area contributed by atoms with Gasteiger partial charge in [0.25, 0.3) is 0 Å². The van der Waals surface area contributed by atoms with Crippen molar-refractivity contribution in [2.75, 3.05) is 7.11 Å². The highest BCUT2D eigenvalue weighted by Gasteiger charge is 2.00. The number of hydrogen-bond acceptors (Lipinski definition) is 3. The van der Waals surface area contributed by atoms with Crippen molar-refractivity contribution in [1.29, 1.82) is 10.5 Å². The van der Waals surface area contributed by atoms with Crippen LogP contribution in [0, 0.1) is 22.7 Å². The highest BCUT2D eigenvalue weighted by Crippen LogP contribution is 2.18. The summed E-state index contributed by atoms with van der Waals surface area (Å²) in [6.45, 7) is 0. The van der Waals surface area contributed by atoms with Crippen LogP contribution in [0.2, 0.25) is 0 Å². The molecule has 1 rings (SSSR count). The lowest BCUT2D eigenvalue weighted by Gasteiger charge is -2.02. The van der Waals surface area contributed by atoms with Gasteiger partial charge in [0.05, 0.1) is 31.2 Å². The van der Waals surface area contributed by atoms with Crippen LogP contribution in [0.5, 0.6) is 5.75 Å². The molecule has 0 aliphatic rings. The van der Waals surface area contributed by atoms with E-state index in [-0.39, 0.29) is 0 Å². The zero-order valence-corrected chi connectivity index (χ0v) is 8.40. The summed E-state index contributed by atoms with van der Waals surface area (Å²) in [5, 5.41) is 17.2. The quantitative estimate of drug-likeness (QED) is 0.749. The van der Waals surface area contributed by atoms with Crippen molar-refractivity contribution in [2.45, 2.75) is 6.42 Å². The highest BCUT2D eigenvalue weighted by molar-refractivity contribution is 5.60. The van der Waals surface area contributed by atoms with Crippen LogP contribution < -0.4 is 4.74 Å². The summed E-state index contributed by atoms with van der Waals surface area (Å²) in [4.78, 5) is 0. The minimum Gasteiger partial charge on any atom is -0.497 e. The second-order valence-electron chi connectivity index (χ2n) is 2.83. The molecule has 0 atom stereocenters. The van der Waals surface area contributed by atoms with Gasteiger partial charge in [-0.15, -0.1) is 0 Å². The van der Waals surface area contributed by atoms with E-state index in [0.717, 1.165) is 5.56 Å². The van der Waals surface area contributed by atoms with Crippen molar-refractivity contribution < 1.29 is 4.74 Å². The molecule has 3 heteroatoms. The number of hydrogen-bond donors (Lipinski definition) is 0. The van der Waals surface area contributed by atoms with Crippen LogP contribution >= 0.6 is 0 Å². The first kappa shape index (κ1) is 10.8. The maximum absolute atomic E-state index is 8.85. The van der Waals surface area contributed by atoms with Crippen LogP contribution in [-0.4, -0.2) is 7.11 Å². The van der Waals surface area contributed by atoms with Gasteiger partial charge in [0.1, 0.15) is 5.75 Å². The molecule has 1 aromatic carbocycles. The molecule has 0 heterocycles. The first-order valence-corrected chi connectivity index (χ1v) is 4.43. The standard InChI is InChI=1S/C12H10N2O/c1-15-12-6-5-11(9-14)10(8-12)4-2-3-7-13/h2,4-6,8H,3H2,1H3. The predicted molar refractivity (Wildman–Crippen MR) is 57.0 cm³/mol. The third kappa shape index (κ3) is 2.86. The minimum absolute atomic E-state index is 0.335. The maximum atomic E-state index is 8.85. The summed E-state index contributed by atoms with van der Waals surface area (Å²) in [5.41, 5.74) is 1.34. The fraction of sp³-hybridized carbons (Fsp3) is 0.167. The molecule has 15 heavy (non-hydrogen) atoms. The number of allylic oxidation sites excluding steroid dienone is 1. The topological polar surface area (TPSA) is 56.8 Å². The lowest BCUT2D eigenvalue weighted by molar-refractivity contribution is 0.414. The van der Waals surface area contributed by atoms with Gasteiger partial charge in [-0.2, -0.15) is 10.5 Å². The number of ether oxygens (including phenoxy) is 1. The molecular formula is C12H10N2O. The van der Waals surface area contributed by atoms with Crippen molar-refractivity contribution in [3.63, 3.8) is 0 Å². The van der Waals surface area contributed by atoms with Gasteiger partial charge in [0.15, 0.2) is 0 Å². The summed E-state index contributed by atoms with van der Waals surface area (Å²) in [6, 6.07) is 9.29. The molecule has 0 aromatic heterocycles. The molecular weight excluding hydrogens is 188 g/mol. The van der Waals surface area contributed by atoms with Gasteiger partial charge >= 0.3 is 0 Å². The van der Waals surface area contributed by atoms with E-state index in [1.165, 1.54) is 0 Å². The molecule has 1 aromatic rings. The Kier molecular flexibility index (Phi) is 3.94. The molecule has 0 unspecified atom stereocenters. The number of nitrogens with zero attached hydrogens (tertiary/aromatic N) is 2. The van der Waals surface area contributed by atoms with Gasteiger partial charge in [-0.1, -0.05) is 12.2 Å². The first-order chi connectivity index (χ1) is 7.31. The van der Waals surface area contributed by atoms with Gasteiger partial charge in [-0.3, -0.25) is 0 Å². The van der Waals surface area contributed by atoms with Gasteiger partial charge < -0.3 is 4.74 Å². The third-order valence-electron chi connectivity index (χ3n) is 1.89. The predicted octanol–water partition coefficient (Wildman–Crippen LogP) is 2.49. The monoisotopic (exact) mass is 198 g/mol. The van der Waals surface area contributed by atoms with Gasteiger partial charge in [0, 0.05) is 0 Å². The van der Waals surface area contributed by atoms with E-state index >= 15 is 0 Å². The first-order valence-electron chi connectivity index (χ1n) is 4.43. The van der Waals surface area contributed by atoms with Crippen LogP contribution in [0.4, 0.5) is 0 Å². The van der Waals surface area contributed by atoms with Crippen molar-refractivity contribution in [3.05, 3.63) is 35.4 Å². The second-order valence-corrected chi connectivity index (χ2v) is 2.83. The fourth-order valence-corrected chi connectivity index (χ4v) is 1.15. The number of methoxy groups -OCH3 is 1. The Morgan fingerprint density at radius 2 is 2.20 bits per heavy atom. The smallest absolute Gasteiger partial charge is 0.119 e. The Morgan fingerprint density at radius 3 is 2.80 bits per heavy atom. The molecule has 0 aliphatic heterocycles. The largest absolute Gasteiger partial charge is 0.497 e. The van der Waals surface area contributed by atoms with E-state index in [9.17, 15) is 0 Å². The molecule has 0 N–H and O–H groups in total. The molecule has 0 spiro atoms.